The Morgan fingerprint density at radius 1 is 0.884 bits per heavy atom. The zero-order chi connectivity index (χ0) is 29.9. The second kappa shape index (κ2) is 12.2. The van der Waals surface area contributed by atoms with Crippen LogP contribution in [0.5, 0.6) is 0 Å². The van der Waals surface area contributed by atoms with Crippen molar-refractivity contribution in [2.45, 2.75) is 13.5 Å². The van der Waals surface area contributed by atoms with Gasteiger partial charge in [0, 0.05) is 66.8 Å². The number of halogens is 2. The molecule has 4 aromatic carbocycles. The molecule has 0 unspecified atom stereocenters. The molecule has 1 aliphatic rings. The van der Waals surface area contributed by atoms with Crippen LogP contribution in [0.2, 0.25) is 0 Å². The molecule has 0 radical (unpaired) electrons. The third-order valence-corrected chi connectivity index (χ3v) is 7.79. The fourth-order valence-electron chi connectivity index (χ4n) is 5.20. The first-order valence-electron chi connectivity index (χ1n) is 14.2. The Morgan fingerprint density at radius 2 is 1.65 bits per heavy atom. The fourth-order valence-corrected chi connectivity index (χ4v) is 5.20. The highest BCUT2D eigenvalue weighted by Crippen LogP contribution is 2.30. The molecule has 1 saturated heterocycles. The van der Waals surface area contributed by atoms with Crippen LogP contribution in [-0.4, -0.2) is 58.9 Å². The largest absolute Gasteiger partial charge is 0.324 e. The van der Waals surface area contributed by atoms with Gasteiger partial charge in [-0.1, -0.05) is 18.2 Å². The number of carbonyl (C=O) groups excluding carboxylic acids is 1. The van der Waals surface area contributed by atoms with Crippen LogP contribution in [0.1, 0.15) is 21.5 Å². The Morgan fingerprint density at radius 3 is 2.42 bits per heavy atom. The summed E-state index contributed by atoms with van der Waals surface area (Å²) < 4.78 is 28.2. The van der Waals surface area contributed by atoms with E-state index in [0.717, 1.165) is 53.8 Å². The first kappa shape index (κ1) is 28.4. The van der Waals surface area contributed by atoms with Crippen molar-refractivity contribution in [3.05, 3.63) is 113 Å². The Labute approximate surface area is 249 Å². The highest BCUT2D eigenvalue weighted by atomic mass is 19.1. The number of benzene rings is 4. The lowest BCUT2D eigenvalue weighted by molar-refractivity contribution is 0.102. The number of nitrogens with zero attached hydrogens (tertiary/aromatic N) is 4. The van der Waals surface area contributed by atoms with E-state index in [1.165, 1.54) is 18.2 Å². The predicted octanol–water partition coefficient (Wildman–Crippen LogP) is 6.63. The first-order valence-corrected chi connectivity index (χ1v) is 14.2. The van der Waals surface area contributed by atoms with Gasteiger partial charge < -0.3 is 15.5 Å². The summed E-state index contributed by atoms with van der Waals surface area (Å²) in [6.07, 6.45) is 1.74. The number of aryl methyl sites for hydroxylation is 1. The minimum absolute atomic E-state index is 0.273. The number of hydrogen-bond donors (Lipinski definition) is 2. The molecule has 1 aromatic heterocycles. The molecule has 5 aromatic rings. The van der Waals surface area contributed by atoms with Crippen LogP contribution in [-0.2, 0) is 6.54 Å². The summed E-state index contributed by atoms with van der Waals surface area (Å²) in [5.41, 5.74) is 5.85. The number of carbonyl (C=O) groups is 1. The predicted molar refractivity (Wildman–Crippen MR) is 167 cm³/mol. The van der Waals surface area contributed by atoms with Crippen molar-refractivity contribution in [1.29, 1.82) is 0 Å². The number of rotatable bonds is 7. The maximum atomic E-state index is 15.0. The van der Waals surface area contributed by atoms with Gasteiger partial charge in [0.2, 0.25) is 5.95 Å². The number of anilines is 3. The van der Waals surface area contributed by atoms with Crippen LogP contribution >= 0.6 is 0 Å². The molecule has 1 fully saturated rings. The smallest absolute Gasteiger partial charge is 0.255 e. The Kier molecular flexibility index (Phi) is 8.09. The maximum absolute atomic E-state index is 15.0. The van der Waals surface area contributed by atoms with Crippen molar-refractivity contribution in [2.24, 2.45) is 0 Å². The topological polar surface area (TPSA) is 73.4 Å². The molecular formula is C34H32F2N6O. The zero-order valence-electron chi connectivity index (χ0n) is 24.1. The van der Waals surface area contributed by atoms with E-state index in [4.69, 9.17) is 0 Å². The lowest BCUT2D eigenvalue weighted by Crippen LogP contribution is -2.44. The van der Waals surface area contributed by atoms with Gasteiger partial charge >= 0.3 is 0 Å². The monoisotopic (exact) mass is 578 g/mol. The Bertz CT molecular complexity index is 1780. The van der Waals surface area contributed by atoms with E-state index in [-0.39, 0.29) is 23.1 Å². The molecule has 6 rings (SSSR count). The van der Waals surface area contributed by atoms with Crippen molar-refractivity contribution in [3.63, 3.8) is 0 Å². The molecule has 0 aliphatic carbocycles. The molecule has 7 nitrogen and oxygen atoms in total. The van der Waals surface area contributed by atoms with Gasteiger partial charge in [-0.05, 0) is 91.3 Å². The van der Waals surface area contributed by atoms with Crippen LogP contribution in [0.3, 0.4) is 0 Å². The molecule has 0 atom stereocenters. The number of amides is 1. The molecule has 9 heteroatoms. The van der Waals surface area contributed by atoms with E-state index in [1.807, 2.05) is 43.3 Å². The van der Waals surface area contributed by atoms with Crippen LogP contribution < -0.4 is 10.6 Å². The first-order chi connectivity index (χ1) is 20.8. The quantitative estimate of drug-likeness (QED) is 0.226. The second-order valence-corrected chi connectivity index (χ2v) is 11.0. The zero-order valence-corrected chi connectivity index (χ0v) is 24.1. The lowest BCUT2D eigenvalue weighted by atomic mass is 9.98. The summed E-state index contributed by atoms with van der Waals surface area (Å²) in [7, 11) is 2.09. The molecule has 1 amide bonds. The molecule has 2 heterocycles. The average molecular weight is 579 g/mol. The summed E-state index contributed by atoms with van der Waals surface area (Å²) in [4.78, 5) is 26.5. The van der Waals surface area contributed by atoms with Crippen LogP contribution in [0, 0.1) is 18.6 Å². The average Bonchev–Trinajstić information content (AvgIpc) is 3.01. The lowest BCUT2D eigenvalue weighted by Gasteiger charge is -2.32. The molecule has 43 heavy (non-hydrogen) atoms. The van der Waals surface area contributed by atoms with E-state index < -0.39 is 0 Å². The summed E-state index contributed by atoms with van der Waals surface area (Å²) >= 11 is 0. The van der Waals surface area contributed by atoms with Crippen molar-refractivity contribution in [3.8, 4) is 11.1 Å². The SMILES string of the molecule is Cc1ccc(NC(=O)c2ccc(CN3CCN(C)CC3)c(F)c2)cc1-c1ccc2nc(Nc3ccc(F)cc3)ncc2c1. The molecule has 2 N–H and O–H groups in total. The summed E-state index contributed by atoms with van der Waals surface area (Å²) in [5, 5.41) is 6.86. The highest BCUT2D eigenvalue weighted by molar-refractivity contribution is 6.04. The number of aromatic nitrogens is 2. The van der Waals surface area contributed by atoms with E-state index in [2.05, 4.69) is 37.4 Å². The van der Waals surface area contributed by atoms with Gasteiger partial charge in [-0.2, -0.15) is 0 Å². The molecule has 0 spiro atoms. The summed E-state index contributed by atoms with van der Waals surface area (Å²) in [6.45, 7) is 6.26. The van der Waals surface area contributed by atoms with Gasteiger partial charge in [0.05, 0.1) is 5.52 Å². The van der Waals surface area contributed by atoms with Crippen molar-refractivity contribution in [1.82, 2.24) is 19.8 Å². The standard InChI is InChI=1S/C34H32F2N6O/c1-22-3-9-29(38-33(43)24-4-5-25(31(36)18-24)21-42-15-13-41(2)14-16-42)19-30(22)23-6-12-32-26(17-23)20-37-34(40-32)39-28-10-7-27(35)8-11-28/h3-12,17-20H,13-16,21H2,1-2H3,(H,38,43)(H,37,39,40). The number of fused-ring (bicyclic) bond motifs is 1. The van der Waals surface area contributed by atoms with Gasteiger partial charge in [-0.15, -0.1) is 0 Å². The van der Waals surface area contributed by atoms with Crippen LogP contribution in [0.15, 0.2) is 85.1 Å². The van der Waals surface area contributed by atoms with Crippen molar-refractivity contribution < 1.29 is 13.6 Å². The molecule has 0 saturated carbocycles. The number of nitrogens with one attached hydrogen (secondary N) is 2. The van der Waals surface area contributed by atoms with E-state index in [9.17, 15) is 13.6 Å². The third kappa shape index (κ3) is 6.69. The number of likely N-dealkylation sites (N-methyl/N-ethyl adjacent to an activating group) is 1. The van der Waals surface area contributed by atoms with E-state index in [1.54, 1.807) is 30.5 Å². The van der Waals surface area contributed by atoms with Gasteiger partial charge in [0.1, 0.15) is 11.6 Å². The van der Waals surface area contributed by atoms with E-state index in [0.29, 0.717) is 29.4 Å². The molecular weight excluding hydrogens is 546 g/mol. The number of hydrogen-bond acceptors (Lipinski definition) is 6. The fraction of sp³-hybridized carbons (Fsp3) is 0.206. The normalized spacial score (nSPS) is 14.1. The van der Waals surface area contributed by atoms with Crippen molar-refractivity contribution >= 4 is 34.1 Å². The highest BCUT2D eigenvalue weighted by Gasteiger charge is 2.17. The van der Waals surface area contributed by atoms with Gasteiger partial charge in [-0.25, -0.2) is 18.7 Å². The Balaban J connectivity index is 1.16. The van der Waals surface area contributed by atoms with E-state index >= 15 is 0 Å². The second-order valence-electron chi connectivity index (χ2n) is 11.0. The molecule has 218 valence electrons. The third-order valence-electron chi connectivity index (χ3n) is 7.79. The van der Waals surface area contributed by atoms with Crippen molar-refractivity contribution in [2.75, 3.05) is 43.9 Å². The van der Waals surface area contributed by atoms with Crippen LogP contribution in [0.25, 0.3) is 22.0 Å². The molecule has 0 bridgehead atoms. The van der Waals surface area contributed by atoms with Gasteiger partial charge in [0.25, 0.3) is 5.91 Å². The summed E-state index contributed by atoms with van der Waals surface area (Å²) in [5.74, 6) is -0.633. The molecule has 1 aliphatic heterocycles. The maximum Gasteiger partial charge on any atom is 0.255 e. The number of piperazine rings is 1. The van der Waals surface area contributed by atoms with Crippen LogP contribution in [0.4, 0.5) is 26.1 Å². The minimum atomic E-state index is -0.370. The Hall–Kier alpha value is -4.73. The van der Waals surface area contributed by atoms with Gasteiger partial charge in [0.15, 0.2) is 0 Å². The summed E-state index contributed by atoms with van der Waals surface area (Å²) in [6, 6.07) is 22.3. The van der Waals surface area contributed by atoms with Gasteiger partial charge in [-0.3, -0.25) is 9.69 Å². The minimum Gasteiger partial charge on any atom is -0.324 e.